The molecule has 0 amide bonds. The number of aromatic amines is 1. The van der Waals surface area contributed by atoms with E-state index >= 15 is 0 Å². The maximum atomic E-state index is 14.3. The number of fused-ring (bicyclic) bond motifs is 2. The third-order valence-corrected chi connectivity index (χ3v) is 5.32. The van der Waals surface area contributed by atoms with Crippen molar-refractivity contribution in [2.24, 2.45) is 0 Å². The summed E-state index contributed by atoms with van der Waals surface area (Å²) in [7, 11) is 0. The monoisotopic (exact) mass is 445 g/mol. The summed E-state index contributed by atoms with van der Waals surface area (Å²) < 4.78 is 83.9. The Balaban J connectivity index is 1.78. The second-order valence-electron chi connectivity index (χ2n) is 7.33. The summed E-state index contributed by atoms with van der Waals surface area (Å²) in [6.45, 7) is -0.523. The molecule has 162 valence electrons. The molecule has 0 fully saturated rings. The second kappa shape index (κ2) is 7.15. The van der Waals surface area contributed by atoms with Crippen LogP contribution in [0.3, 0.4) is 0 Å². The Morgan fingerprint density at radius 1 is 0.906 bits per heavy atom. The smallest absolute Gasteiger partial charge is 0.361 e. The number of aromatic nitrogens is 3. The first kappa shape index (κ1) is 20.2. The Kier molecular flexibility index (Phi) is 4.51. The largest absolute Gasteiger partial charge is 0.418 e. The normalized spacial score (nSPS) is 12.2. The van der Waals surface area contributed by atoms with Crippen LogP contribution in [0.2, 0.25) is 0 Å². The van der Waals surface area contributed by atoms with E-state index < -0.39 is 41.3 Å². The van der Waals surface area contributed by atoms with Gasteiger partial charge in [-0.3, -0.25) is 4.68 Å². The van der Waals surface area contributed by atoms with Gasteiger partial charge < -0.3 is 4.98 Å². The van der Waals surface area contributed by atoms with Gasteiger partial charge in [-0.1, -0.05) is 18.2 Å². The SMILES string of the molecule is Fc1cc(F)c(Cn2nc3c(C(F)(F)F)cccc3c2-c2ccc3[nH]ccc3c2)c(F)c1. The zero-order valence-electron chi connectivity index (χ0n) is 16.1. The third kappa shape index (κ3) is 3.30. The molecule has 0 atom stereocenters. The fraction of sp³-hybridized carbons (Fsp3) is 0.0870. The molecule has 3 aromatic carbocycles. The van der Waals surface area contributed by atoms with Crippen LogP contribution >= 0.6 is 0 Å². The van der Waals surface area contributed by atoms with Crippen LogP contribution in [0.1, 0.15) is 11.1 Å². The zero-order valence-corrected chi connectivity index (χ0v) is 16.1. The van der Waals surface area contributed by atoms with Crippen molar-refractivity contribution in [3.8, 4) is 11.3 Å². The number of alkyl halides is 3. The molecule has 2 aromatic heterocycles. The lowest BCUT2D eigenvalue weighted by Crippen LogP contribution is -2.09. The van der Waals surface area contributed by atoms with Crippen molar-refractivity contribution >= 4 is 21.8 Å². The molecule has 0 spiro atoms. The lowest BCUT2D eigenvalue weighted by Gasteiger charge is -2.10. The third-order valence-electron chi connectivity index (χ3n) is 5.32. The molecule has 0 aliphatic carbocycles. The molecule has 32 heavy (non-hydrogen) atoms. The Morgan fingerprint density at radius 3 is 2.38 bits per heavy atom. The number of hydrogen-bond acceptors (Lipinski definition) is 1. The first-order chi connectivity index (χ1) is 15.2. The molecule has 5 aromatic rings. The van der Waals surface area contributed by atoms with Gasteiger partial charge in [0.1, 0.15) is 23.0 Å². The number of hydrogen-bond donors (Lipinski definition) is 1. The fourth-order valence-corrected chi connectivity index (χ4v) is 3.87. The van der Waals surface area contributed by atoms with Crippen LogP contribution in [0.15, 0.2) is 60.8 Å². The van der Waals surface area contributed by atoms with Gasteiger partial charge in [0.25, 0.3) is 0 Å². The lowest BCUT2D eigenvalue weighted by atomic mass is 10.0. The summed E-state index contributed by atoms with van der Waals surface area (Å²) in [5.74, 6) is -3.39. The molecule has 3 nitrogen and oxygen atoms in total. The minimum absolute atomic E-state index is 0.178. The van der Waals surface area contributed by atoms with E-state index in [0.29, 0.717) is 17.7 Å². The van der Waals surface area contributed by atoms with Crippen molar-refractivity contribution in [1.82, 2.24) is 14.8 Å². The number of benzene rings is 3. The standard InChI is InChI=1S/C23H13F6N3/c24-14-9-18(25)16(19(26)10-14)11-32-22(13-4-5-20-12(8-13)6-7-30-20)15-2-1-3-17(21(15)31-32)23(27,28)29/h1-10,30H,11H2. The van der Waals surface area contributed by atoms with Crippen LogP contribution in [0.5, 0.6) is 0 Å². The van der Waals surface area contributed by atoms with Gasteiger partial charge in [-0.15, -0.1) is 0 Å². The average molecular weight is 445 g/mol. The van der Waals surface area contributed by atoms with Crippen molar-refractivity contribution < 1.29 is 26.3 Å². The summed E-state index contributed by atoms with van der Waals surface area (Å²) in [6, 6.07) is 11.7. The maximum Gasteiger partial charge on any atom is 0.418 e. The van der Waals surface area contributed by atoms with Gasteiger partial charge >= 0.3 is 6.18 Å². The van der Waals surface area contributed by atoms with E-state index in [4.69, 9.17) is 0 Å². The minimum atomic E-state index is -4.67. The quantitative estimate of drug-likeness (QED) is 0.309. The second-order valence-corrected chi connectivity index (χ2v) is 7.33. The van der Waals surface area contributed by atoms with E-state index in [-0.39, 0.29) is 16.6 Å². The van der Waals surface area contributed by atoms with Gasteiger partial charge in [-0.2, -0.15) is 18.3 Å². The molecule has 0 bridgehead atoms. The Bertz CT molecular complexity index is 1460. The molecule has 5 rings (SSSR count). The van der Waals surface area contributed by atoms with Crippen LogP contribution in [-0.2, 0) is 12.7 Å². The minimum Gasteiger partial charge on any atom is -0.361 e. The predicted molar refractivity (Wildman–Crippen MR) is 107 cm³/mol. The van der Waals surface area contributed by atoms with Crippen molar-refractivity contribution in [2.45, 2.75) is 12.7 Å². The van der Waals surface area contributed by atoms with Gasteiger partial charge in [-0.05, 0) is 24.3 Å². The van der Waals surface area contributed by atoms with E-state index in [0.717, 1.165) is 21.7 Å². The number of nitrogens with zero attached hydrogens (tertiary/aromatic N) is 2. The molecular formula is C23H13F6N3. The van der Waals surface area contributed by atoms with E-state index in [1.165, 1.54) is 12.1 Å². The molecule has 9 heteroatoms. The highest BCUT2D eigenvalue weighted by Crippen LogP contribution is 2.38. The molecule has 0 aliphatic rings. The molecule has 1 N–H and O–H groups in total. The first-order valence-corrected chi connectivity index (χ1v) is 9.50. The van der Waals surface area contributed by atoms with Crippen LogP contribution in [0.4, 0.5) is 26.3 Å². The van der Waals surface area contributed by atoms with Crippen LogP contribution in [0.25, 0.3) is 33.1 Å². The number of rotatable bonds is 3. The highest BCUT2D eigenvalue weighted by molar-refractivity contribution is 5.97. The summed E-state index contributed by atoms with van der Waals surface area (Å²) in [6.07, 6.45) is -2.96. The van der Waals surface area contributed by atoms with E-state index in [2.05, 4.69) is 10.1 Å². The Labute approximate surface area is 176 Å². The number of nitrogens with one attached hydrogen (secondary N) is 1. The zero-order chi connectivity index (χ0) is 22.6. The van der Waals surface area contributed by atoms with Gasteiger partial charge in [-0.25, -0.2) is 13.2 Å². The fourth-order valence-electron chi connectivity index (χ4n) is 3.87. The molecule has 0 unspecified atom stereocenters. The van der Waals surface area contributed by atoms with E-state index in [1.54, 1.807) is 30.5 Å². The highest BCUT2D eigenvalue weighted by Gasteiger charge is 2.34. The van der Waals surface area contributed by atoms with Gasteiger partial charge in [0.05, 0.1) is 17.8 Å². The topological polar surface area (TPSA) is 33.6 Å². The van der Waals surface area contributed by atoms with Crippen LogP contribution < -0.4 is 0 Å². The van der Waals surface area contributed by atoms with Gasteiger partial charge in [0, 0.05) is 45.7 Å². The molecule has 0 saturated heterocycles. The van der Waals surface area contributed by atoms with Crippen LogP contribution in [-0.4, -0.2) is 14.8 Å². The van der Waals surface area contributed by atoms with E-state index in [9.17, 15) is 26.3 Å². The molecule has 2 heterocycles. The molecule has 0 radical (unpaired) electrons. The van der Waals surface area contributed by atoms with Crippen molar-refractivity contribution in [3.05, 3.63) is 89.4 Å². The summed E-state index contributed by atoms with van der Waals surface area (Å²) in [5, 5.41) is 5.06. The number of halogens is 6. The Morgan fingerprint density at radius 2 is 1.66 bits per heavy atom. The van der Waals surface area contributed by atoms with Gasteiger partial charge in [0.15, 0.2) is 0 Å². The summed E-state index contributed by atoms with van der Waals surface area (Å²) >= 11 is 0. The van der Waals surface area contributed by atoms with Crippen molar-refractivity contribution in [2.75, 3.05) is 0 Å². The maximum absolute atomic E-state index is 14.3. The summed E-state index contributed by atoms with van der Waals surface area (Å²) in [5.41, 5.74) is -0.212. The highest BCUT2D eigenvalue weighted by atomic mass is 19.4. The molecular weight excluding hydrogens is 432 g/mol. The van der Waals surface area contributed by atoms with Crippen LogP contribution in [0, 0.1) is 17.5 Å². The van der Waals surface area contributed by atoms with Gasteiger partial charge in [0.2, 0.25) is 0 Å². The van der Waals surface area contributed by atoms with E-state index in [1.807, 2.05) is 0 Å². The molecule has 0 saturated carbocycles. The lowest BCUT2D eigenvalue weighted by molar-refractivity contribution is -0.136. The number of H-pyrrole nitrogens is 1. The molecule has 0 aliphatic heterocycles. The summed E-state index contributed by atoms with van der Waals surface area (Å²) in [4.78, 5) is 3.03. The predicted octanol–water partition coefficient (Wildman–Crippen LogP) is 6.67. The Hall–Kier alpha value is -3.75. The van der Waals surface area contributed by atoms with Crippen molar-refractivity contribution in [1.29, 1.82) is 0 Å². The van der Waals surface area contributed by atoms with Crippen molar-refractivity contribution in [3.63, 3.8) is 0 Å². The average Bonchev–Trinajstić information content (AvgIpc) is 3.32. The first-order valence-electron chi connectivity index (χ1n) is 9.50.